The molecule has 1 aliphatic rings. The number of aryl methyl sites for hydroxylation is 1. The van der Waals surface area contributed by atoms with Crippen LogP contribution in [-0.4, -0.2) is 38.8 Å². The van der Waals surface area contributed by atoms with Gasteiger partial charge in [0.1, 0.15) is 4.90 Å². The Bertz CT molecular complexity index is 643. The van der Waals surface area contributed by atoms with Crippen LogP contribution in [0.25, 0.3) is 0 Å². The number of nitrogens with one attached hydrogen (secondary N) is 1. The molecule has 1 atom stereocenters. The Morgan fingerprint density at radius 3 is 2.76 bits per heavy atom. The van der Waals surface area contributed by atoms with Gasteiger partial charge >= 0.3 is 0 Å². The van der Waals surface area contributed by atoms with Crippen LogP contribution in [0.5, 0.6) is 0 Å². The molecule has 0 aromatic heterocycles. The van der Waals surface area contributed by atoms with Crippen LogP contribution < -0.4 is 11.1 Å². The average molecular weight is 311 g/mol. The molecule has 0 aliphatic carbocycles. The minimum atomic E-state index is -3.66. The average Bonchev–Trinajstić information content (AvgIpc) is 2.46. The first kappa shape index (κ1) is 15.8. The monoisotopic (exact) mass is 311 g/mol. The lowest BCUT2D eigenvalue weighted by Gasteiger charge is -2.31. The predicted octanol–water partition coefficient (Wildman–Crippen LogP) is 0.724. The number of carbonyl (C=O) groups excluding carboxylic acids is 1. The number of rotatable bonds is 3. The fourth-order valence-corrected chi connectivity index (χ4v) is 4.24. The first-order chi connectivity index (χ1) is 9.86. The van der Waals surface area contributed by atoms with Gasteiger partial charge in [-0.15, -0.1) is 0 Å². The van der Waals surface area contributed by atoms with Gasteiger partial charge < -0.3 is 11.1 Å². The number of nitrogens with two attached hydrogens (primary N) is 1. The Balaban J connectivity index is 2.28. The molecule has 2 rings (SSSR count). The van der Waals surface area contributed by atoms with Gasteiger partial charge in [0.25, 0.3) is 0 Å². The molecular weight excluding hydrogens is 290 g/mol. The number of piperidine rings is 1. The molecule has 1 amide bonds. The van der Waals surface area contributed by atoms with E-state index in [0.29, 0.717) is 19.4 Å². The van der Waals surface area contributed by atoms with Crippen molar-refractivity contribution in [2.24, 2.45) is 5.92 Å². The molecule has 116 valence electrons. The Kier molecular flexibility index (Phi) is 4.53. The van der Waals surface area contributed by atoms with Crippen LogP contribution in [0.4, 0.5) is 5.69 Å². The summed E-state index contributed by atoms with van der Waals surface area (Å²) in [5.74, 6) is -0.419. The molecule has 1 aromatic carbocycles. The van der Waals surface area contributed by atoms with Crippen LogP contribution >= 0.6 is 0 Å². The van der Waals surface area contributed by atoms with E-state index < -0.39 is 10.0 Å². The standard InChI is InChI=1S/C14H21N3O3S/c1-10-5-6-13(12(15)8-10)21(19,20)17-7-3-4-11(9-17)14(18)16-2/h5-6,8,11H,3-4,7,9,15H2,1-2H3,(H,16,18). The number of hydrogen-bond acceptors (Lipinski definition) is 4. The zero-order chi connectivity index (χ0) is 15.6. The van der Waals surface area contributed by atoms with Crippen molar-refractivity contribution >= 4 is 21.6 Å². The third-order valence-corrected chi connectivity index (χ3v) is 5.72. The number of amides is 1. The molecule has 21 heavy (non-hydrogen) atoms. The maximum absolute atomic E-state index is 12.7. The molecule has 1 aromatic rings. The Hall–Kier alpha value is -1.60. The molecule has 0 saturated carbocycles. The number of anilines is 1. The lowest BCUT2D eigenvalue weighted by Crippen LogP contribution is -2.44. The number of nitrogen functional groups attached to an aromatic ring is 1. The molecule has 1 saturated heterocycles. The van der Waals surface area contributed by atoms with Crippen molar-refractivity contribution in [2.75, 3.05) is 25.9 Å². The van der Waals surface area contributed by atoms with Crippen LogP contribution in [-0.2, 0) is 14.8 Å². The molecule has 1 aliphatic heterocycles. The van der Waals surface area contributed by atoms with Crippen LogP contribution in [0, 0.1) is 12.8 Å². The molecular formula is C14H21N3O3S. The first-order valence-electron chi connectivity index (χ1n) is 6.94. The van der Waals surface area contributed by atoms with Crippen molar-refractivity contribution in [2.45, 2.75) is 24.7 Å². The predicted molar refractivity (Wildman–Crippen MR) is 81.1 cm³/mol. The zero-order valence-electron chi connectivity index (χ0n) is 12.3. The molecule has 1 unspecified atom stereocenters. The molecule has 0 bridgehead atoms. The van der Waals surface area contributed by atoms with E-state index in [9.17, 15) is 13.2 Å². The third-order valence-electron chi connectivity index (χ3n) is 3.78. The van der Waals surface area contributed by atoms with E-state index in [1.807, 2.05) is 6.92 Å². The second kappa shape index (κ2) is 6.03. The Labute approximate surface area is 125 Å². The van der Waals surface area contributed by atoms with Gasteiger partial charge in [-0.05, 0) is 37.5 Å². The summed E-state index contributed by atoms with van der Waals surface area (Å²) < 4.78 is 26.7. The number of hydrogen-bond donors (Lipinski definition) is 2. The van der Waals surface area contributed by atoms with E-state index in [-0.39, 0.29) is 29.0 Å². The van der Waals surface area contributed by atoms with E-state index >= 15 is 0 Å². The highest BCUT2D eigenvalue weighted by molar-refractivity contribution is 7.89. The van der Waals surface area contributed by atoms with Gasteiger partial charge in [-0.2, -0.15) is 4.31 Å². The quantitative estimate of drug-likeness (QED) is 0.805. The van der Waals surface area contributed by atoms with Crippen molar-refractivity contribution < 1.29 is 13.2 Å². The van der Waals surface area contributed by atoms with E-state index in [1.54, 1.807) is 19.2 Å². The molecule has 6 nitrogen and oxygen atoms in total. The topological polar surface area (TPSA) is 92.5 Å². The first-order valence-corrected chi connectivity index (χ1v) is 8.38. The van der Waals surface area contributed by atoms with Crippen LogP contribution in [0.15, 0.2) is 23.1 Å². The minimum Gasteiger partial charge on any atom is -0.398 e. The maximum Gasteiger partial charge on any atom is 0.245 e. The second-order valence-corrected chi connectivity index (χ2v) is 7.26. The van der Waals surface area contributed by atoms with E-state index in [1.165, 1.54) is 10.4 Å². The van der Waals surface area contributed by atoms with Crippen LogP contribution in [0.2, 0.25) is 0 Å². The fraction of sp³-hybridized carbons (Fsp3) is 0.500. The highest BCUT2D eigenvalue weighted by Gasteiger charge is 2.33. The maximum atomic E-state index is 12.7. The zero-order valence-corrected chi connectivity index (χ0v) is 13.1. The lowest BCUT2D eigenvalue weighted by atomic mass is 9.99. The van der Waals surface area contributed by atoms with Gasteiger partial charge in [-0.1, -0.05) is 6.07 Å². The van der Waals surface area contributed by atoms with Gasteiger partial charge in [0, 0.05) is 20.1 Å². The highest BCUT2D eigenvalue weighted by atomic mass is 32.2. The van der Waals surface area contributed by atoms with Gasteiger partial charge in [-0.25, -0.2) is 8.42 Å². The summed E-state index contributed by atoms with van der Waals surface area (Å²) >= 11 is 0. The summed E-state index contributed by atoms with van der Waals surface area (Å²) in [4.78, 5) is 11.8. The SMILES string of the molecule is CNC(=O)C1CCCN(S(=O)(=O)c2ccc(C)cc2N)C1. The van der Waals surface area contributed by atoms with E-state index in [0.717, 1.165) is 5.56 Å². The summed E-state index contributed by atoms with van der Waals surface area (Å²) in [6, 6.07) is 4.90. The Morgan fingerprint density at radius 1 is 1.43 bits per heavy atom. The summed E-state index contributed by atoms with van der Waals surface area (Å²) in [5.41, 5.74) is 7.01. The minimum absolute atomic E-state index is 0.116. The molecule has 0 spiro atoms. The van der Waals surface area contributed by atoms with Crippen molar-refractivity contribution in [3.8, 4) is 0 Å². The summed E-state index contributed by atoms with van der Waals surface area (Å²) in [6.07, 6.45) is 1.37. The van der Waals surface area contributed by atoms with E-state index in [4.69, 9.17) is 5.73 Å². The van der Waals surface area contributed by atoms with E-state index in [2.05, 4.69) is 5.32 Å². The van der Waals surface area contributed by atoms with Crippen molar-refractivity contribution in [1.82, 2.24) is 9.62 Å². The lowest BCUT2D eigenvalue weighted by molar-refractivity contribution is -0.125. The van der Waals surface area contributed by atoms with Gasteiger partial charge in [0.05, 0.1) is 11.6 Å². The Morgan fingerprint density at radius 2 is 2.14 bits per heavy atom. The molecule has 0 radical (unpaired) electrons. The number of nitrogens with zero attached hydrogens (tertiary/aromatic N) is 1. The molecule has 3 N–H and O–H groups in total. The normalized spacial score (nSPS) is 20.2. The van der Waals surface area contributed by atoms with Crippen molar-refractivity contribution in [1.29, 1.82) is 0 Å². The third kappa shape index (κ3) is 3.19. The van der Waals surface area contributed by atoms with Crippen LogP contribution in [0.1, 0.15) is 18.4 Å². The smallest absolute Gasteiger partial charge is 0.245 e. The van der Waals surface area contributed by atoms with Crippen molar-refractivity contribution in [3.05, 3.63) is 23.8 Å². The highest BCUT2D eigenvalue weighted by Crippen LogP contribution is 2.27. The number of benzene rings is 1. The summed E-state index contributed by atoms with van der Waals surface area (Å²) in [5, 5.41) is 2.58. The fourth-order valence-electron chi connectivity index (χ4n) is 2.62. The molecule has 1 heterocycles. The number of carbonyl (C=O) groups is 1. The second-order valence-electron chi connectivity index (χ2n) is 5.36. The largest absolute Gasteiger partial charge is 0.398 e. The van der Waals surface area contributed by atoms with Crippen LogP contribution in [0.3, 0.4) is 0 Å². The van der Waals surface area contributed by atoms with Crippen molar-refractivity contribution in [3.63, 3.8) is 0 Å². The summed E-state index contributed by atoms with van der Waals surface area (Å²) in [7, 11) is -2.09. The number of sulfonamides is 1. The van der Waals surface area contributed by atoms with Gasteiger partial charge in [0.2, 0.25) is 15.9 Å². The molecule has 7 heteroatoms. The summed E-state index contributed by atoms with van der Waals surface area (Å²) in [6.45, 7) is 2.48. The van der Waals surface area contributed by atoms with Gasteiger partial charge in [-0.3, -0.25) is 4.79 Å². The van der Waals surface area contributed by atoms with Gasteiger partial charge in [0.15, 0.2) is 0 Å². The molecule has 1 fully saturated rings.